The van der Waals surface area contributed by atoms with Crippen LogP contribution in [0.3, 0.4) is 0 Å². The first-order chi connectivity index (χ1) is 16.5. The molecule has 3 heterocycles. The van der Waals surface area contributed by atoms with Crippen LogP contribution in [0, 0.1) is 0 Å². The van der Waals surface area contributed by atoms with Crippen LogP contribution in [0.1, 0.15) is 55.5 Å². The van der Waals surface area contributed by atoms with Crippen molar-refractivity contribution in [3.63, 3.8) is 0 Å². The fourth-order valence-corrected chi connectivity index (χ4v) is 7.02. The van der Waals surface area contributed by atoms with Crippen LogP contribution in [-0.4, -0.2) is 49.2 Å². The summed E-state index contributed by atoms with van der Waals surface area (Å²) in [6.45, 7) is 3.40. The van der Waals surface area contributed by atoms with Gasteiger partial charge in [-0.2, -0.15) is 0 Å². The summed E-state index contributed by atoms with van der Waals surface area (Å²) in [6.07, 6.45) is 4.14. The molecule has 2 aliphatic rings. The molecule has 178 valence electrons. The van der Waals surface area contributed by atoms with E-state index >= 15 is 0 Å². The molecule has 2 aromatic carbocycles. The van der Waals surface area contributed by atoms with Gasteiger partial charge in [-0.25, -0.2) is 13.4 Å². The van der Waals surface area contributed by atoms with Crippen molar-refractivity contribution in [3.05, 3.63) is 59.1 Å². The Morgan fingerprint density at radius 2 is 1.91 bits per heavy atom. The van der Waals surface area contributed by atoms with Gasteiger partial charge in [0.05, 0.1) is 20.1 Å². The maximum Gasteiger partial charge on any atom is 0.263 e. The predicted octanol–water partition coefficient (Wildman–Crippen LogP) is 4.30. The Labute approximate surface area is 204 Å². The Morgan fingerprint density at radius 3 is 2.68 bits per heavy atom. The number of nitrogens with zero attached hydrogens (tertiary/aromatic N) is 3. The summed E-state index contributed by atoms with van der Waals surface area (Å²) < 4.78 is 28.7. The maximum absolute atomic E-state index is 13.5. The molecule has 5 rings (SSSR count). The summed E-state index contributed by atoms with van der Waals surface area (Å²) in [5.41, 5.74) is 1.57. The number of amidine groups is 1. The molecular weight excluding hydrogens is 468 g/mol. The number of aromatic nitrogens is 1. The number of unbranched alkanes of at least 4 members (excludes halogenated alkanes) is 1. The molecule has 1 aromatic heterocycles. The van der Waals surface area contributed by atoms with Crippen LogP contribution >= 0.6 is 11.3 Å². The van der Waals surface area contributed by atoms with Gasteiger partial charge in [-0.1, -0.05) is 44.0 Å². The summed E-state index contributed by atoms with van der Waals surface area (Å²) >= 11 is 1.74. The number of amides is 1. The monoisotopic (exact) mass is 496 g/mol. The second-order valence-corrected chi connectivity index (χ2v) is 11.6. The zero-order valence-electron chi connectivity index (χ0n) is 19.1. The zero-order chi connectivity index (χ0) is 23.7. The number of nitrogens with one attached hydrogen (secondary N) is 1. The van der Waals surface area contributed by atoms with Crippen LogP contribution in [0.15, 0.2) is 58.4 Å². The predicted molar refractivity (Wildman–Crippen MR) is 135 cm³/mol. The molecule has 0 aliphatic carbocycles. The number of para-hydroxylation sites is 1. The highest BCUT2D eigenvalue weighted by atomic mass is 32.2. The van der Waals surface area contributed by atoms with Gasteiger partial charge in [0.2, 0.25) is 5.91 Å². The Balaban J connectivity index is 1.32. The van der Waals surface area contributed by atoms with Crippen molar-refractivity contribution in [2.45, 2.75) is 55.9 Å². The van der Waals surface area contributed by atoms with Gasteiger partial charge in [0.15, 0.2) is 0 Å². The van der Waals surface area contributed by atoms with Gasteiger partial charge in [-0.3, -0.25) is 14.5 Å². The normalized spacial score (nSPS) is 19.8. The van der Waals surface area contributed by atoms with Crippen molar-refractivity contribution >= 4 is 43.3 Å². The number of hydrogen-bond acceptors (Lipinski definition) is 6. The Morgan fingerprint density at radius 1 is 1.18 bits per heavy atom. The number of hydrogen-bond donors (Lipinski definition) is 1. The lowest BCUT2D eigenvalue weighted by Crippen LogP contribution is -2.43. The molecule has 7 nitrogen and oxygen atoms in total. The van der Waals surface area contributed by atoms with E-state index in [-0.39, 0.29) is 16.6 Å². The average molecular weight is 497 g/mol. The number of benzene rings is 2. The molecule has 0 radical (unpaired) electrons. The lowest BCUT2D eigenvalue weighted by atomic mass is 9.96. The summed E-state index contributed by atoms with van der Waals surface area (Å²) in [6, 6.07) is 14.4. The molecule has 2 aliphatic heterocycles. The van der Waals surface area contributed by atoms with Crippen LogP contribution in [0.5, 0.6) is 0 Å². The minimum Gasteiger partial charge on any atom is -0.341 e. The standard InChI is InChI=1S/C25H28N4O3S2/c1-2-3-9-20(26-23-18-8-4-7-12-22(18)34(31,32)28-23)25(30)29-15-13-17(14-16-29)24-27-19-10-5-6-11-21(19)33-24/h4-8,10-12,17,20H,2-3,9,13-16H2,1H3,(H,26,28). The van der Waals surface area contributed by atoms with Crippen molar-refractivity contribution in [2.24, 2.45) is 4.99 Å². The van der Waals surface area contributed by atoms with Gasteiger partial charge in [0, 0.05) is 24.6 Å². The van der Waals surface area contributed by atoms with Gasteiger partial charge in [-0.15, -0.1) is 11.3 Å². The number of piperidine rings is 1. The number of likely N-dealkylation sites (tertiary alicyclic amines) is 1. The van der Waals surface area contributed by atoms with Crippen molar-refractivity contribution in [1.29, 1.82) is 0 Å². The topological polar surface area (TPSA) is 91.7 Å². The fraction of sp³-hybridized carbons (Fsp3) is 0.400. The molecule has 1 atom stereocenters. The van der Waals surface area contributed by atoms with Gasteiger partial charge < -0.3 is 4.90 Å². The van der Waals surface area contributed by atoms with Crippen molar-refractivity contribution < 1.29 is 13.2 Å². The Hall–Kier alpha value is -2.78. The number of thiazole rings is 1. The lowest BCUT2D eigenvalue weighted by molar-refractivity contribution is -0.133. The molecule has 1 N–H and O–H groups in total. The highest BCUT2D eigenvalue weighted by Crippen LogP contribution is 2.34. The van der Waals surface area contributed by atoms with E-state index in [9.17, 15) is 13.2 Å². The van der Waals surface area contributed by atoms with Crippen molar-refractivity contribution in [3.8, 4) is 0 Å². The summed E-state index contributed by atoms with van der Waals surface area (Å²) in [7, 11) is -3.63. The van der Waals surface area contributed by atoms with E-state index < -0.39 is 16.1 Å². The summed E-state index contributed by atoms with van der Waals surface area (Å²) in [5.74, 6) is 0.608. The number of sulfonamides is 1. The Bertz CT molecular complexity index is 1310. The van der Waals surface area contributed by atoms with E-state index in [1.165, 1.54) is 4.70 Å². The van der Waals surface area contributed by atoms with Crippen LogP contribution in [0.2, 0.25) is 0 Å². The molecule has 1 saturated heterocycles. The first-order valence-corrected chi connectivity index (χ1v) is 14.1. The van der Waals surface area contributed by atoms with E-state index in [0.717, 1.165) is 36.2 Å². The number of fused-ring (bicyclic) bond motifs is 2. The SMILES string of the molecule is CCCCC(N=C1NS(=O)(=O)c2ccccc21)C(=O)N1CCC(c2nc3ccccc3s2)CC1. The first kappa shape index (κ1) is 23.0. The number of carbonyl (C=O) groups is 1. The van der Waals surface area contributed by atoms with Gasteiger partial charge in [0.25, 0.3) is 10.0 Å². The first-order valence-electron chi connectivity index (χ1n) is 11.8. The number of rotatable bonds is 6. The molecule has 1 fully saturated rings. The van der Waals surface area contributed by atoms with Crippen LogP contribution in [0.25, 0.3) is 10.2 Å². The van der Waals surface area contributed by atoms with Crippen LogP contribution in [-0.2, 0) is 14.8 Å². The molecule has 0 spiro atoms. The quantitative estimate of drug-likeness (QED) is 0.551. The van der Waals surface area contributed by atoms with E-state index in [1.54, 1.807) is 35.6 Å². The fourth-order valence-electron chi connectivity index (χ4n) is 4.65. The molecule has 9 heteroatoms. The third kappa shape index (κ3) is 4.46. The van der Waals surface area contributed by atoms with E-state index in [2.05, 4.69) is 22.7 Å². The minimum absolute atomic E-state index is 0.0210. The molecule has 1 unspecified atom stereocenters. The zero-order valence-corrected chi connectivity index (χ0v) is 20.7. The average Bonchev–Trinajstić information content (AvgIpc) is 3.40. The molecular formula is C25H28N4O3S2. The van der Waals surface area contributed by atoms with Gasteiger partial charge in [-0.05, 0) is 43.5 Å². The second-order valence-electron chi connectivity index (χ2n) is 8.86. The molecule has 1 amide bonds. The molecule has 3 aromatic rings. The molecule has 0 bridgehead atoms. The lowest BCUT2D eigenvalue weighted by Gasteiger charge is -2.33. The van der Waals surface area contributed by atoms with Crippen molar-refractivity contribution in [2.75, 3.05) is 13.1 Å². The number of aliphatic imine (C=N–C) groups is 1. The molecule has 0 saturated carbocycles. The van der Waals surface area contributed by atoms with Crippen molar-refractivity contribution in [1.82, 2.24) is 14.6 Å². The third-order valence-electron chi connectivity index (χ3n) is 6.53. The highest BCUT2D eigenvalue weighted by Gasteiger charge is 2.34. The summed E-state index contributed by atoms with van der Waals surface area (Å²) in [4.78, 5) is 25.1. The van der Waals surface area contributed by atoms with Gasteiger partial charge >= 0.3 is 0 Å². The summed E-state index contributed by atoms with van der Waals surface area (Å²) in [5, 5.41) is 1.15. The van der Waals surface area contributed by atoms with E-state index in [0.29, 0.717) is 31.0 Å². The molecule has 34 heavy (non-hydrogen) atoms. The van der Waals surface area contributed by atoms with Crippen LogP contribution < -0.4 is 4.72 Å². The number of carbonyl (C=O) groups excluding carboxylic acids is 1. The smallest absolute Gasteiger partial charge is 0.263 e. The third-order valence-corrected chi connectivity index (χ3v) is 9.13. The van der Waals surface area contributed by atoms with Gasteiger partial charge in [0.1, 0.15) is 11.9 Å². The van der Waals surface area contributed by atoms with E-state index in [4.69, 9.17) is 4.98 Å². The van der Waals surface area contributed by atoms with Crippen LogP contribution in [0.4, 0.5) is 0 Å². The maximum atomic E-state index is 13.5. The highest BCUT2D eigenvalue weighted by molar-refractivity contribution is 7.90. The Kier molecular flexibility index (Phi) is 6.40. The second kappa shape index (κ2) is 9.46. The van der Waals surface area contributed by atoms with E-state index in [1.807, 2.05) is 23.1 Å². The largest absolute Gasteiger partial charge is 0.341 e. The minimum atomic E-state index is -3.63.